The molecule has 0 spiro atoms. The summed E-state index contributed by atoms with van der Waals surface area (Å²) in [4.78, 5) is 6.67. The van der Waals surface area contributed by atoms with E-state index in [2.05, 4.69) is 21.3 Å². The van der Waals surface area contributed by atoms with Gasteiger partial charge >= 0.3 is 0 Å². The van der Waals surface area contributed by atoms with Crippen LogP contribution in [-0.2, 0) is 16.4 Å². The Kier molecular flexibility index (Phi) is 4.42. The molecule has 19 heavy (non-hydrogen) atoms. The minimum atomic E-state index is -2.87. The van der Waals surface area contributed by atoms with E-state index in [1.165, 1.54) is 5.56 Å². The van der Waals surface area contributed by atoms with E-state index in [4.69, 9.17) is 0 Å². The van der Waals surface area contributed by atoms with Crippen molar-refractivity contribution in [1.82, 2.24) is 10.3 Å². The van der Waals surface area contributed by atoms with Crippen LogP contribution in [0.25, 0.3) is 0 Å². The minimum absolute atomic E-state index is 0.228. The molecule has 0 saturated carbocycles. The molecule has 106 valence electrons. The Labute approximate surface area is 114 Å². The van der Waals surface area contributed by atoms with Crippen molar-refractivity contribution in [3.05, 3.63) is 23.4 Å². The number of aromatic nitrogens is 1. The zero-order valence-corrected chi connectivity index (χ0v) is 12.3. The standard InChI is InChI=1S/C13H21N3O2S/c1-11-12(10-14-2)4-5-13(15-11)16-6-3-8-19(17,18)9-7-16/h4-5,14H,3,6-10H2,1-2H3. The Balaban J connectivity index is 2.16. The molecule has 0 atom stereocenters. The van der Waals surface area contributed by atoms with Crippen LogP contribution < -0.4 is 10.2 Å². The molecule has 1 saturated heterocycles. The molecule has 2 rings (SSSR count). The van der Waals surface area contributed by atoms with E-state index in [0.717, 1.165) is 24.6 Å². The van der Waals surface area contributed by atoms with E-state index < -0.39 is 9.84 Å². The topological polar surface area (TPSA) is 62.3 Å². The molecule has 1 fully saturated rings. The zero-order chi connectivity index (χ0) is 13.9. The van der Waals surface area contributed by atoms with E-state index in [0.29, 0.717) is 18.7 Å². The average Bonchev–Trinajstić information content (AvgIpc) is 2.53. The van der Waals surface area contributed by atoms with E-state index in [9.17, 15) is 8.42 Å². The SMILES string of the molecule is CNCc1ccc(N2CCCS(=O)(=O)CC2)nc1C. The summed E-state index contributed by atoms with van der Waals surface area (Å²) in [6, 6.07) is 4.05. The summed E-state index contributed by atoms with van der Waals surface area (Å²) in [5.41, 5.74) is 2.17. The molecule has 0 aromatic carbocycles. The molecule has 1 aliphatic heterocycles. The molecule has 5 nitrogen and oxygen atoms in total. The number of anilines is 1. The van der Waals surface area contributed by atoms with Gasteiger partial charge in [-0.1, -0.05) is 6.07 Å². The van der Waals surface area contributed by atoms with Crippen molar-refractivity contribution in [2.45, 2.75) is 19.9 Å². The summed E-state index contributed by atoms with van der Waals surface area (Å²) in [6.45, 7) is 4.09. The molecule has 0 radical (unpaired) electrons. The third-order valence-corrected chi connectivity index (χ3v) is 5.14. The summed E-state index contributed by atoms with van der Waals surface area (Å²) in [7, 11) is -0.957. The molecule has 1 aromatic rings. The second kappa shape index (κ2) is 5.88. The fourth-order valence-corrected chi connectivity index (χ4v) is 3.57. The zero-order valence-electron chi connectivity index (χ0n) is 11.5. The van der Waals surface area contributed by atoms with Crippen LogP contribution in [0.5, 0.6) is 0 Å². The van der Waals surface area contributed by atoms with Crippen LogP contribution in [-0.4, -0.2) is 45.0 Å². The molecule has 1 aliphatic rings. The van der Waals surface area contributed by atoms with Gasteiger partial charge in [0.05, 0.1) is 11.5 Å². The number of hydrogen-bond acceptors (Lipinski definition) is 5. The van der Waals surface area contributed by atoms with Crippen LogP contribution in [0, 0.1) is 6.92 Å². The maximum absolute atomic E-state index is 11.6. The van der Waals surface area contributed by atoms with E-state index >= 15 is 0 Å². The molecule has 0 bridgehead atoms. The first-order valence-electron chi connectivity index (χ1n) is 6.58. The van der Waals surface area contributed by atoms with E-state index in [1.54, 1.807) is 0 Å². The van der Waals surface area contributed by atoms with Gasteiger partial charge in [0, 0.05) is 25.3 Å². The number of hydrogen-bond donors (Lipinski definition) is 1. The lowest BCUT2D eigenvalue weighted by Gasteiger charge is -2.21. The lowest BCUT2D eigenvalue weighted by Crippen LogP contribution is -2.27. The van der Waals surface area contributed by atoms with Crippen molar-refractivity contribution >= 4 is 15.7 Å². The molecule has 2 heterocycles. The van der Waals surface area contributed by atoms with Crippen LogP contribution in [0.3, 0.4) is 0 Å². The lowest BCUT2D eigenvalue weighted by atomic mass is 10.2. The fourth-order valence-electron chi connectivity index (χ4n) is 2.30. The summed E-state index contributed by atoms with van der Waals surface area (Å²) < 4.78 is 23.2. The fraction of sp³-hybridized carbons (Fsp3) is 0.615. The molecule has 0 aliphatic carbocycles. The van der Waals surface area contributed by atoms with Gasteiger partial charge in [0.2, 0.25) is 0 Å². The predicted octanol–water partition coefficient (Wildman–Crippen LogP) is 0.734. The number of aryl methyl sites for hydroxylation is 1. The van der Waals surface area contributed by atoms with Crippen LogP contribution in [0.4, 0.5) is 5.82 Å². The third kappa shape index (κ3) is 3.67. The van der Waals surface area contributed by atoms with Gasteiger partial charge < -0.3 is 10.2 Å². The Morgan fingerprint density at radius 3 is 2.79 bits per heavy atom. The molecule has 1 aromatic heterocycles. The molecular formula is C13H21N3O2S. The van der Waals surface area contributed by atoms with Gasteiger partial charge in [-0.25, -0.2) is 13.4 Å². The van der Waals surface area contributed by atoms with Gasteiger partial charge in [-0.05, 0) is 32.0 Å². The van der Waals surface area contributed by atoms with Crippen LogP contribution in [0.2, 0.25) is 0 Å². The van der Waals surface area contributed by atoms with Gasteiger partial charge in [-0.3, -0.25) is 0 Å². The third-order valence-electron chi connectivity index (χ3n) is 3.43. The Morgan fingerprint density at radius 2 is 2.11 bits per heavy atom. The minimum Gasteiger partial charge on any atom is -0.356 e. The highest BCUT2D eigenvalue weighted by atomic mass is 32.2. The lowest BCUT2D eigenvalue weighted by molar-refractivity contribution is 0.597. The van der Waals surface area contributed by atoms with E-state index in [1.807, 2.05) is 20.0 Å². The largest absolute Gasteiger partial charge is 0.356 e. The van der Waals surface area contributed by atoms with Crippen molar-refractivity contribution in [2.24, 2.45) is 0 Å². The normalized spacial score (nSPS) is 19.2. The molecule has 6 heteroatoms. The number of rotatable bonds is 3. The second-order valence-electron chi connectivity index (χ2n) is 4.94. The van der Waals surface area contributed by atoms with Crippen LogP contribution in [0.15, 0.2) is 12.1 Å². The first kappa shape index (κ1) is 14.3. The molecular weight excluding hydrogens is 262 g/mol. The van der Waals surface area contributed by atoms with Gasteiger partial charge in [-0.2, -0.15) is 0 Å². The van der Waals surface area contributed by atoms with Crippen molar-refractivity contribution in [1.29, 1.82) is 0 Å². The summed E-state index contributed by atoms with van der Waals surface area (Å²) in [5.74, 6) is 1.40. The Hall–Kier alpha value is -1.14. The smallest absolute Gasteiger partial charge is 0.152 e. The van der Waals surface area contributed by atoms with Crippen molar-refractivity contribution in [2.75, 3.05) is 36.5 Å². The van der Waals surface area contributed by atoms with Crippen molar-refractivity contribution in [3.8, 4) is 0 Å². The summed E-state index contributed by atoms with van der Waals surface area (Å²) >= 11 is 0. The monoisotopic (exact) mass is 283 g/mol. The number of nitrogens with one attached hydrogen (secondary N) is 1. The quantitative estimate of drug-likeness (QED) is 0.886. The summed E-state index contributed by atoms with van der Waals surface area (Å²) in [6.07, 6.45) is 0.682. The number of pyridine rings is 1. The average molecular weight is 283 g/mol. The van der Waals surface area contributed by atoms with Gasteiger partial charge in [0.15, 0.2) is 9.84 Å². The van der Waals surface area contributed by atoms with Gasteiger partial charge in [-0.15, -0.1) is 0 Å². The maximum Gasteiger partial charge on any atom is 0.152 e. The highest BCUT2D eigenvalue weighted by Gasteiger charge is 2.20. The molecule has 0 unspecified atom stereocenters. The predicted molar refractivity (Wildman–Crippen MR) is 77.2 cm³/mol. The Morgan fingerprint density at radius 1 is 1.32 bits per heavy atom. The van der Waals surface area contributed by atoms with Crippen molar-refractivity contribution < 1.29 is 8.42 Å². The number of nitrogens with zero attached hydrogens (tertiary/aromatic N) is 2. The van der Waals surface area contributed by atoms with Crippen LogP contribution in [0.1, 0.15) is 17.7 Å². The highest BCUT2D eigenvalue weighted by Crippen LogP contribution is 2.17. The first-order chi connectivity index (χ1) is 9.02. The van der Waals surface area contributed by atoms with Crippen LogP contribution >= 0.6 is 0 Å². The second-order valence-corrected chi connectivity index (χ2v) is 7.24. The summed E-state index contributed by atoms with van der Waals surface area (Å²) in [5, 5.41) is 3.11. The molecule has 1 N–H and O–H groups in total. The van der Waals surface area contributed by atoms with Gasteiger partial charge in [0.1, 0.15) is 5.82 Å². The molecule has 0 amide bonds. The first-order valence-corrected chi connectivity index (χ1v) is 8.40. The van der Waals surface area contributed by atoms with Crippen molar-refractivity contribution in [3.63, 3.8) is 0 Å². The van der Waals surface area contributed by atoms with E-state index in [-0.39, 0.29) is 5.75 Å². The maximum atomic E-state index is 11.6. The van der Waals surface area contributed by atoms with Gasteiger partial charge in [0.25, 0.3) is 0 Å². The number of sulfone groups is 1. The highest BCUT2D eigenvalue weighted by molar-refractivity contribution is 7.91. The Bertz CT molecular complexity index is 543.